The van der Waals surface area contributed by atoms with Gasteiger partial charge in [0.15, 0.2) is 0 Å². The number of benzene rings is 2. The Morgan fingerprint density at radius 3 is 2.24 bits per heavy atom. The zero-order chi connectivity index (χ0) is 18.6. The molecule has 0 heterocycles. The second-order valence-corrected chi connectivity index (χ2v) is 8.11. The highest BCUT2D eigenvalue weighted by Crippen LogP contribution is 2.31. The minimum atomic E-state index is -3.85. The first-order valence-corrected chi connectivity index (χ1v) is 9.57. The molecule has 2 rings (SSSR count). The summed E-state index contributed by atoms with van der Waals surface area (Å²) >= 11 is 0. The standard InChI is InChI=1S/C19H23NO4S/c1-14(2)17-6-4-5-7-18(17)20(13-12-19(21)22)25(23,24)16-10-8-15(3)9-11-16/h4-11,14H,12-13H2,1-3H3,(H,21,22). The van der Waals surface area contributed by atoms with E-state index in [1.807, 2.05) is 32.9 Å². The summed E-state index contributed by atoms with van der Waals surface area (Å²) in [4.78, 5) is 11.2. The molecular formula is C19H23NO4S. The number of aliphatic carboxylic acids is 1. The highest BCUT2D eigenvalue weighted by molar-refractivity contribution is 7.92. The van der Waals surface area contributed by atoms with E-state index in [-0.39, 0.29) is 23.8 Å². The van der Waals surface area contributed by atoms with Crippen molar-refractivity contribution >= 4 is 21.7 Å². The number of carbonyl (C=O) groups is 1. The van der Waals surface area contributed by atoms with E-state index in [9.17, 15) is 13.2 Å². The van der Waals surface area contributed by atoms with Crippen LogP contribution in [0.3, 0.4) is 0 Å². The average Bonchev–Trinajstić information content (AvgIpc) is 2.55. The highest BCUT2D eigenvalue weighted by atomic mass is 32.2. The van der Waals surface area contributed by atoms with Crippen LogP contribution < -0.4 is 4.31 Å². The molecule has 134 valence electrons. The average molecular weight is 361 g/mol. The lowest BCUT2D eigenvalue weighted by Crippen LogP contribution is -2.34. The fraction of sp³-hybridized carbons (Fsp3) is 0.316. The van der Waals surface area contributed by atoms with E-state index in [1.165, 1.54) is 4.31 Å². The molecule has 0 unspecified atom stereocenters. The number of nitrogens with zero attached hydrogens (tertiary/aromatic N) is 1. The molecule has 0 amide bonds. The van der Waals surface area contributed by atoms with Crippen molar-refractivity contribution < 1.29 is 18.3 Å². The van der Waals surface area contributed by atoms with E-state index >= 15 is 0 Å². The highest BCUT2D eigenvalue weighted by Gasteiger charge is 2.27. The first-order chi connectivity index (χ1) is 11.7. The topological polar surface area (TPSA) is 74.7 Å². The smallest absolute Gasteiger partial charge is 0.305 e. The Morgan fingerprint density at radius 2 is 1.68 bits per heavy atom. The Morgan fingerprint density at radius 1 is 1.08 bits per heavy atom. The number of para-hydroxylation sites is 1. The molecule has 0 aromatic heterocycles. The van der Waals surface area contributed by atoms with E-state index in [2.05, 4.69) is 0 Å². The third-order valence-electron chi connectivity index (χ3n) is 3.97. The molecule has 0 fully saturated rings. The molecule has 0 spiro atoms. The van der Waals surface area contributed by atoms with Gasteiger partial charge in [-0.3, -0.25) is 9.10 Å². The molecule has 5 nitrogen and oxygen atoms in total. The zero-order valence-corrected chi connectivity index (χ0v) is 15.5. The van der Waals surface area contributed by atoms with Crippen LogP contribution >= 0.6 is 0 Å². The first kappa shape index (κ1) is 19.0. The van der Waals surface area contributed by atoms with Gasteiger partial charge in [0.1, 0.15) is 0 Å². The quantitative estimate of drug-likeness (QED) is 0.814. The molecule has 0 radical (unpaired) electrons. The lowest BCUT2D eigenvalue weighted by atomic mass is 10.0. The van der Waals surface area contributed by atoms with E-state index in [0.717, 1.165) is 11.1 Å². The van der Waals surface area contributed by atoms with Crippen LogP contribution in [0.1, 0.15) is 37.3 Å². The number of rotatable bonds is 7. The van der Waals surface area contributed by atoms with Crippen LogP contribution in [0.2, 0.25) is 0 Å². The molecule has 0 saturated heterocycles. The summed E-state index contributed by atoms with van der Waals surface area (Å²) in [5.41, 5.74) is 2.35. The predicted molar refractivity (Wildman–Crippen MR) is 98.5 cm³/mol. The fourth-order valence-electron chi connectivity index (χ4n) is 2.61. The second-order valence-electron chi connectivity index (χ2n) is 6.25. The van der Waals surface area contributed by atoms with Crippen molar-refractivity contribution in [1.29, 1.82) is 0 Å². The van der Waals surface area contributed by atoms with Crippen LogP contribution in [-0.4, -0.2) is 26.0 Å². The minimum Gasteiger partial charge on any atom is -0.481 e. The van der Waals surface area contributed by atoms with Crippen molar-refractivity contribution in [2.45, 2.75) is 38.0 Å². The number of hydrogen-bond acceptors (Lipinski definition) is 3. The second kappa shape index (κ2) is 7.70. The number of carboxylic acid groups (broad SMARTS) is 1. The number of carboxylic acids is 1. The summed E-state index contributed by atoms with van der Waals surface area (Å²) < 4.78 is 27.5. The van der Waals surface area contributed by atoms with Gasteiger partial charge in [-0.2, -0.15) is 0 Å². The van der Waals surface area contributed by atoms with Gasteiger partial charge in [0, 0.05) is 6.54 Å². The van der Waals surface area contributed by atoms with Crippen molar-refractivity contribution in [3.63, 3.8) is 0 Å². The molecule has 0 aliphatic heterocycles. The monoisotopic (exact) mass is 361 g/mol. The summed E-state index contributed by atoms with van der Waals surface area (Å²) in [5.74, 6) is -0.928. The van der Waals surface area contributed by atoms with Gasteiger partial charge < -0.3 is 5.11 Å². The van der Waals surface area contributed by atoms with Crippen molar-refractivity contribution in [3.05, 3.63) is 59.7 Å². The van der Waals surface area contributed by atoms with Gasteiger partial charge in [0.2, 0.25) is 0 Å². The Balaban J connectivity index is 2.56. The predicted octanol–water partition coefficient (Wildman–Crippen LogP) is 3.79. The van der Waals surface area contributed by atoms with E-state index in [0.29, 0.717) is 5.69 Å². The molecule has 25 heavy (non-hydrogen) atoms. The first-order valence-electron chi connectivity index (χ1n) is 8.13. The third kappa shape index (κ3) is 4.39. The van der Waals surface area contributed by atoms with Crippen LogP contribution in [-0.2, 0) is 14.8 Å². The van der Waals surface area contributed by atoms with Crippen molar-refractivity contribution in [2.24, 2.45) is 0 Å². The SMILES string of the molecule is Cc1ccc(S(=O)(=O)N(CCC(=O)O)c2ccccc2C(C)C)cc1. The van der Waals surface area contributed by atoms with E-state index in [1.54, 1.807) is 36.4 Å². The van der Waals surface area contributed by atoms with Gasteiger partial charge in [-0.25, -0.2) is 8.42 Å². The maximum atomic E-state index is 13.2. The van der Waals surface area contributed by atoms with Crippen molar-refractivity contribution in [2.75, 3.05) is 10.8 Å². The molecule has 0 atom stereocenters. The molecule has 2 aromatic carbocycles. The fourth-order valence-corrected chi connectivity index (χ4v) is 4.10. The van der Waals surface area contributed by atoms with Gasteiger partial charge >= 0.3 is 5.97 Å². The Hall–Kier alpha value is -2.34. The molecule has 6 heteroatoms. The molecule has 0 saturated carbocycles. The lowest BCUT2D eigenvalue weighted by molar-refractivity contribution is -0.136. The number of anilines is 1. The Bertz CT molecular complexity index is 842. The normalized spacial score (nSPS) is 11.5. The van der Waals surface area contributed by atoms with Crippen molar-refractivity contribution in [1.82, 2.24) is 0 Å². The van der Waals surface area contributed by atoms with Crippen LogP contribution in [0.15, 0.2) is 53.4 Å². The molecule has 0 bridgehead atoms. The Kier molecular flexibility index (Phi) is 5.85. The lowest BCUT2D eigenvalue weighted by Gasteiger charge is -2.27. The summed E-state index contributed by atoms with van der Waals surface area (Å²) in [7, 11) is -3.85. The largest absolute Gasteiger partial charge is 0.481 e. The van der Waals surface area contributed by atoms with Crippen molar-refractivity contribution in [3.8, 4) is 0 Å². The Labute approximate surface area is 149 Å². The van der Waals surface area contributed by atoms with Crippen LogP contribution in [0, 0.1) is 6.92 Å². The van der Waals surface area contributed by atoms with Gasteiger partial charge in [-0.15, -0.1) is 0 Å². The summed E-state index contributed by atoms with van der Waals surface area (Å²) in [6.45, 7) is 5.72. The van der Waals surface area contributed by atoms with Crippen LogP contribution in [0.25, 0.3) is 0 Å². The molecule has 0 aliphatic carbocycles. The summed E-state index contributed by atoms with van der Waals surface area (Å²) in [6.07, 6.45) is -0.266. The minimum absolute atomic E-state index is 0.108. The van der Waals surface area contributed by atoms with Gasteiger partial charge in [-0.1, -0.05) is 49.7 Å². The van der Waals surface area contributed by atoms with E-state index in [4.69, 9.17) is 5.11 Å². The van der Waals surface area contributed by atoms with Crippen LogP contribution in [0.4, 0.5) is 5.69 Å². The van der Waals surface area contributed by atoms with E-state index < -0.39 is 16.0 Å². The summed E-state index contributed by atoms with van der Waals surface area (Å²) in [6, 6.07) is 13.8. The third-order valence-corrected chi connectivity index (χ3v) is 5.79. The number of sulfonamides is 1. The maximum Gasteiger partial charge on any atom is 0.305 e. The molecule has 2 aromatic rings. The number of hydrogen-bond donors (Lipinski definition) is 1. The van der Waals surface area contributed by atoms with Gasteiger partial charge in [0.25, 0.3) is 10.0 Å². The van der Waals surface area contributed by atoms with Crippen LogP contribution in [0.5, 0.6) is 0 Å². The maximum absolute atomic E-state index is 13.2. The molecule has 0 aliphatic rings. The molecular weight excluding hydrogens is 338 g/mol. The van der Waals surface area contributed by atoms with Gasteiger partial charge in [-0.05, 0) is 36.6 Å². The number of aryl methyl sites for hydroxylation is 1. The molecule has 1 N–H and O–H groups in total. The van der Waals surface area contributed by atoms with Gasteiger partial charge in [0.05, 0.1) is 17.0 Å². The zero-order valence-electron chi connectivity index (χ0n) is 14.6. The summed E-state index contributed by atoms with van der Waals surface area (Å²) in [5, 5.41) is 9.04.